The highest BCUT2D eigenvalue weighted by Gasteiger charge is 2.08. The number of nitrogens with zero attached hydrogens (tertiary/aromatic N) is 4. The molecule has 3 rings (SSSR count). The molecule has 0 fully saturated rings. The smallest absolute Gasteiger partial charge is 0.162 e. The second-order valence-corrected chi connectivity index (χ2v) is 4.44. The fraction of sp³-hybridized carbons (Fsp3) is 0. The van der Waals surface area contributed by atoms with Crippen LogP contribution in [0.15, 0.2) is 54.9 Å². The number of nitriles is 1. The van der Waals surface area contributed by atoms with Crippen molar-refractivity contribution in [2.24, 2.45) is 0 Å². The standard InChI is InChI=1S/C16H11N5/c17-8-11-6-13(10-19-9-11)14-7-15(18)21-16(20-14)12-4-2-1-3-5-12/h1-7,9-10H,(H2,18,20,21). The Hall–Kier alpha value is -3.26. The highest BCUT2D eigenvalue weighted by molar-refractivity contribution is 5.67. The first-order valence-corrected chi connectivity index (χ1v) is 6.32. The molecule has 1 aromatic carbocycles. The average Bonchev–Trinajstić information content (AvgIpc) is 2.55. The molecule has 2 aromatic heterocycles. The average molecular weight is 273 g/mol. The van der Waals surface area contributed by atoms with Crippen molar-refractivity contribution >= 4 is 5.82 Å². The van der Waals surface area contributed by atoms with Gasteiger partial charge in [0.05, 0.1) is 11.3 Å². The highest BCUT2D eigenvalue weighted by atomic mass is 14.9. The Labute approximate surface area is 121 Å². The minimum Gasteiger partial charge on any atom is -0.384 e. The molecule has 0 aliphatic heterocycles. The van der Waals surface area contributed by atoms with Crippen LogP contribution in [0.4, 0.5) is 5.82 Å². The van der Waals surface area contributed by atoms with Gasteiger partial charge in [0.25, 0.3) is 0 Å². The molecule has 0 aliphatic carbocycles. The van der Waals surface area contributed by atoms with Crippen molar-refractivity contribution in [1.82, 2.24) is 15.0 Å². The van der Waals surface area contributed by atoms with Crippen LogP contribution in [0.2, 0.25) is 0 Å². The topological polar surface area (TPSA) is 88.5 Å². The van der Waals surface area contributed by atoms with Crippen LogP contribution in [-0.2, 0) is 0 Å². The van der Waals surface area contributed by atoms with Crippen LogP contribution in [0.3, 0.4) is 0 Å². The van der Waals surface area contributed by atoms with E-state index >= 15 is 0 Å². The molecule has 0 aliphatic rings. The summed E-state index contributed by atoms with van der Waals surface area (Å²) in [6.45, 7) is 0. The maximum absolute atomic E-state index is 8.95. The minimum atomic E-state index is 0.376. The van der Waals surface area contributed by atoms with E-state index in [9.17, 15) is 0 Å². The Morgan fingerprint density at radius 1 is 0.952 bits per heavy atom. The number of benzene rings is 1. The zero-order valence-corrected chi connectivity index (χ0v) is 11.1. The van der Waals surface area contributed by atoms with E-state index < -0.39 is 0 Å². The largest absolute Gasteiger partial charge is 0.384 e. The van der Waals surface area contributed by atoms with Gasteiger partial charge in [-0.25, -0.2) is 9.97 Å². The molecule has 21 heavy (non-hydrogen) atoms. The predicted octanol–water partition coefficient (Wildman–Crippen LogP) is 2.66. The third-order valence-electron chi connectivity index (χ3n) is 2.94. The molecule has 0 atom stereocenters. The molecule has 3 aromatic rings. The predicted molar refractivity (Wildman–Crippen MR) is 79.8 cm³/mol. The van der Waals surface area contributed by atoms with Crippen molar-refractivity contribution in [3.63, 3.8) is 0 Å². The summed E-state index contributed by atoms with van der Waals surface area (Å²) in [5.41, 5.74) is 8.61. The first-order chi connectivity index (χ1) is 10.3. The van der Waals surface area contributed by atoms with Crippen molar-refractivity contribution < 1.29 is 0 Å². The van der Waals surface area contributed by atoms with Gasteiger partial charge in [0, 0.05) is 29.6 Å². The van der Waals surface area contributed by atoms with Gasteiger partial charge in [-0.1, -0.05) is 30.3 Å². The van der Waals surface area contributed by atoms with Crippen molar-refractivity contribution in [2.45, 2.75) is 0 Å². The third-order valence-corrected chi connectivity index (χ3v) is 2.94. The molecule has 5 heteroatoms. The lowest BCUT2D eigenvalue weighted by molar-refractivity contribution is 1.18. The molecule has 0 unspecified atom stereocenters. The summed E-state index contributed by atoms with van der Waals surface area (Å²) in [5.74, 6) is 0.925. The number of pyridine rings is 1. The van der Waals surface area contributed by atoms with Crippen LogP contribution >= 0.6 is 0 Å². The van der Waals surface area contributed by atoms with Crippen LogP contribution in [0, 0.1) is 11.3 Å². The lowest BCUT2D eigenvalue weighted by atomic mass is 10.1. The van der Waals surface area contributed by atoms with Gasteiger partial charge in [-0.2, -0.15) is 5.26 Å². The summed E-state index contributed by atoms with van der Waals surface area (Å²) >= 11 is 0. The molecule has 0 spiro atoms. The van der Waals surface area contributed by atoms with Crippen molar-refractivity contribution in [1.29, 1.82) is 5.26 Å². The molecule has 5 nitrogen and oxygen atoms in total. The molecular weight excluding hydrogens is 262 g/mol. The molecule has 0 radical (unpaired) electrons. The van der Waals surface area contributed by atoms with Crippen molar-refractivity contribution in [3.05, 3.63) is 60.4 Å². The summed E-state index contributed by atoms with van der Waals surface area (Å²) < 4.78 is 0. The van der Waals surface area contributed by atoms with Gasteiger partial charge in [0.15, 0.2) is 5.82 Å². The minimum absolute atomic E-state index is 0.376. The fourth-order valence-corrected chi connectivity index (χ4v) is 1.97. The van der Waals surface area contributed by atoms with E-state index in [1.54, 1.807) is 18.3 Å². The molecule has 0 saturated carbocycles. The van der Waals surface area contributed by atoms with Gasteiger partial charge >= 0.3 is 0 Å². The quantitative estimate of drug-likeness (QED) is 0.775. The Kier molecular flexibility index (Phi) is 3.27. The summed E-state index contributed by atoms with van der Waals surface area (Å²) in [4.78, 5) is 12.8. The molecule has 0 saturated heterocycles. The number of nitrogen functional groups attached to an aromatic ring is 1. The monoisotopic (exact) mass is 273 g/mol. The Balaban J connectivity index is 2.12. The Morgan fingerprint density at radius 3 is 2.52 bits per heavy atom. The Morgan fingerprint density at radius 2 is 1.76 bits per heavy atom. The number of anilines is 1. The number of rotatable bonds is 2. The molecule has 0 amide bonds. The van der Waals surface area contributed by atoms with Crippen LogP contribution in [0.25, 0.3) is 22.6 Å². The van der Waals surface area contributed by atoms with Crippen molar-refractivity contribution in [2.75, 3.05) is 5.73 Å². The first kappa shape index (κ1) is 12.8. The second-order valence-electron chi connectivity index (χ2n) is 4.44. The Bertz CT molecular complexity index is 822. The number of aromatic nitrogens is 3. The molecule has 2 heterocycles. The van der Waals surface area contributed by atoms with E-state index in [-0.39, 0.29) is 0 Å². The number of nitrogens with two attached hydrogens (primary N) is 1. The SMILES string of the molecule is N#Cc1cncc(-c2cc(N)nc(-c3ccccc3)n2)c1. The van der Waals surface area contributed by atoms with Crippen LogP contribution in [-0.4, -0.2) is 15.0 Å². The molecule has 2 N–H and O–H groups in total. The van der Waals surface area contributed by atoms with Crippen LogP contribution in [0.5, 0.6) is 0 Å². The van der Waals surface area contributed by atoms with E-state index in [4.69, 9.17) is 11.0 Å². The zero-order chi connectivity index (χ0) is 14.7. The lowest BCUT2D eigenvalue weighted by Gasteiger charge is -2.06. The lowest BCUT2D eigenvalue weighted by Crippen LogP contribution is -1.98. The van der Waals surface area contributed by atoms with Gasteiger partial charge in [0.1, 0.15) is 11.9 Å². The maximum Gasteiger partial charge on any atom is 0.162 e. The van der Waals surface area contributed by atoms with E-state index in [0.29, 0.717) is 22.9 Å². The number of hydrogen-bond donors (Lipinski definition) is 1. The summed E-state index contributed by atoms with van der Waals surface area (Å²) in [5, 5.41) is 8.95. The molecule has 0 bridgehead atoms. The normalized spacial score (nSPS) is 10.0. The van der Waals surface area contributed by atoms with Gasteiger partial charge < -0.3 is 5.73 Å². The van der Waals surface area contributed by atoms with E-state index in [1.807, 2.05) is 30.3 Å². The first-order valence-electron chi connectivity index (χ1n) is 6.32. The van der Waals surface area contributed by atoms with E-state index in [2.05, 4.69) is 21.0 Å². The molecular formula is C16H11N5. The zero-order valence-electron chi connectivity index (χ0n) is 11.1. The van der Waals surface area contributed by atoms with Gasteiger partial charge in [-0.3, -0.25) is 4.98 Å². The molecule has 100 valence electrons. The maximum atomic E-state index is 8.95. The summed E-state index contributed by atoms with van der Waals surface area (Å²) in [6.07, 6.45) is 3.16. The van der Waals surface area contributed by atoms with Gasteiger partial charge in [-0.15, -0.1) is 0 Å². The van der Waals surface area contributed by atoms with E-state index in [0.717, 1.165) is 11.1 Å². The second kappa shape index (κ2) is 5.39. The third kappa shape index (κ3) is 2.69. The van der Waals surface area contributed by atoms with Gasteiger partial charge in [-0.05, 0) is 6.07 Å². The van der Waals surface area contributed by atoms with E-state index in [1.165, 1.54) is 6.20 Å². The number of hydrogen-bond acceptors (Lipinski definition) is 5. The van der Waals surface area contributed by atoms with Crippen molar-refractivity contribution in [3.8, 4) is 28.7 Å². The van der Waals surface area contributed by atoms with Crippen LogP contribution < -0.4 is 5.73 Å². The van der Waals surface area contributed by atoms with Gasteiger partial charge in [0.2, 0.25) is 0 Å². The highest BCUT2D eigenvalue weighted by Crippen LogP contribution is 2.23. The van der Waals surface area contributed by atoms with Crippen LogP contribution in [0.1, 0.15) is 5.56 Å². The summed E-state index contributed by atoms with van der Waals surface area (Å²) in [6, 6.07) is 15.1. The fourth-order valence-electron chi connectivity index (χ4n) is 1.97. The summed E-state index contributed by atoms with van der Waals surface area (Å²) in [7, 11) is 0.